The highest BCUT2D eigenvalue weighted by atomic mass is 16.5. The molecule has 0 aliphatic carbocycles. The molecule has 0 saturated carbocycles. The smallest absolute Gasteiger partial charge is 0.323 e. The van der Waals surface area contributed by atoms with E-state index in [9.17, 15) is 4.79 Å². The Labute approximate surface area is 136 Å². The highest BCUT2D eigenvalue weighted by Crippen LogP contribution is 2.19. The number of carbonyl (C=O) groups is 1. The second-order valence-corrected chi connectivity index (χ2v) is 5.42. The van der Waals surface area contributed by atoms with Gasteiger partial charge in [0.2, 0.25) is 5.78 Å². The summed E-state index contributed by atoms with van der Waals surface area (Å²) in [6.07, 6.45) is 3.13. The molecule has 4 heteroatoms. The molecular weight excluding hydrogens is 288 g/mol. The summed E-state index contributed by atoms with van der Waals surface area (Å²) in [7, 11) is 1.62. The standard InChI is InChI=1S/C19H20N2O2/c1-23-18-11-8-16(9-12-18)13-17(19(22)14-21-20)10-7-15-5-3-2-4-6-15/h2-6,8-9,11-12,14,17H,7,10,13H2,1H3. The van der Waals surface area contributed by atoms with Gasteiger partial charge in [-0.3, -0.25) is 4.79 Å². The van der Waals surface area contributed by atoms with E-state index in [-0.39, 0.29) is 11.7 Å². The first-order chi connectivity index (χ1) is 11.2. The number of nitrogens with zero attached hydrogens (tertiary/aromatic N) is 2. The monoisotopic (exact) mass is 308 g/mol. The molecule has 0 aliphatic rings. The highest BCUT2D eigenvalue weighted by molar-refractivity contribution is 6.26. The number of aryl methyl sites for hydroxylation is 1. The number of rotatable bonds is 8. The molecule has 0 heterocycles. The normalized spacial score (nSPS) is 11.3. The van der Waals surface area contributed by atoms with Crippen molar-refractivity contribution >= 4 is 12.0 Å². The minimum absolute atomic E-state index is 0.153. The highest BCUT2D eigenvalue weighted by Gasteiger charge is 2.20. The van der Waals surface area contributed by atoms with Gasteiger partial charge in [-0.1, -0.05) is 42.5 Å². The molecule has 0 saturated heterocycles. The molecule has 0 aliphatic heterocycles. The van der Waals surface area contributed by atoms with Crippen molar-refractivity contribution in [1.82, 2.24) is 0 Å². The van der Waals surface area contributed by atoms with Crippen LogP contribution in [-0.4, -0.2) is 23.9 Å². The van der Waals surface area contributed by atoms with Crippen LogP contribution in [0.25, 0.3) is 5.53 Å². The lowest BCUT2D eigenvalue weighted by atomic mass is 9.90. The first kappa shape index (κ1) is 16.7. The van der Waals surface area contributed by atoms with Gasteiger partial charge in [-0.05, 0) is 42.5 Å². The third kappa shape index (κ3) is 5.20. The maximum atomic E-state index is 12.2. The lowest BCUT2D eigenvalue weighted by molar-refractivity contribution is -0.119. The molecule has 0 fully saturated rings. The molecule has 0 spiro atoms. The van der Waals surface area contributed by atoms with E-state index < -0.39 is 0 Å². The Morgan fingerprint density at radius 3 is 2.43 bits per heavy atom. The molecule has 4 nitrogen and oxygen atoms in total. The van der Waals surface area contributed by atoms with Crippen LogP contribution in [0.15, 0.2) is 54.6 Å². The van der Waals surface area contributed by atoms with Crippen molar-refractivity contribution in [2.24, 2.45) is 5.92 Å². The summed E-state index contributed by atoms with van der Waals surface area (Å²) in [6, 6.07) is 17.7. The molecule has 0 bridgehead atoms. The van der Waals surface area contributed by atoms with Crippen molar-refractivity contribution in [2.45, 2.75) is 19.3 Å². The van der Waals surface area contributed by atoms with Crippen LogP contribution in [0.3, 0.4) is 0 Å². The van der Waals surface area contributed by atoms with Crippen LogP contribution in [0.5, 0.6) is 5.75 Å². The van der Waals surface area contributed by atoms with E-state index in [0.29, 0.717) is 12.8 Å². The zero-order valence-corrected chi connectivity index (χ0v) is 13.2. The quantitative estimate of drug-likeness (QED) is 0.426. The predicted molar refractivity (Wildman–Crippen MR) is 89.6 cm³/mol. The fourth-order valence-electron chi connectivity index (χ4n) is 2.54. The zero-order chi connectivity index (χ0) is 16.5. The van der Waals surface area contributed by atoms with E-state index in [0.717, 1.165) is 23.9 Å². The van der Waals surface area contributed by atoms with Gasteiger partial charge in [-0.15, -0.1) is 0 Å². The molecule has 23 heavy (non-hydrogen) atoms. The van der Waals surface area contributed by atoms with E-state index >= 15 is 0 Å². The third-order valence-electron chi connectivity index (χ3n) is 3.85. The molecule has 0 N–H and O–H groups in total. The van der Waals surface area contributed by atoms with E-state index in [2.05, 4.69) is 16.9 Å². The van der Waals surface area contributed by atoms with Gasteiger partial charge in [0.05, 0.1) is 7.11 Å². The minimum atomic E-state index is -0.209. The third-order valence-corrected chi connectivity index (χ3v) is 3.85. The van der Waals surface area contributed by atoms with Crippen LogP contribution in [0.4, 0.5) is 0 Å². The lowest BCUT2D eigenvalue weighted by Gasteiger charge is -2.13. The van der Waals surface area contributed by atoms with Gasteiger partial charge in [-0.25, -0.2) is 0 Å². The average molecular weight is 308 g/mol. The number of hydrogen-bond donors (Lipinski definition) is 0. The van der Waals surface area contributed by atoms with Gasteiger partial charge in [-0.2, -0.15) is 4.79 Å². The summed E-state index contributed by atoms with van der Waals surface area (Å²) < 4.78 is 5.14. The number of ketones is 1. The molecule has 0 aromatic heterocycles. The van der Waals surface area contributed by atoms with Gasteiger partial charge in [0.15, 0.2) is 0 Å². The molecule has 1 atom stereocenters. The maximum Gasteiger partial charge on any atom is 0.323 e. The fourth-order valence-corrected chi connectivity index (χ4v) is 2.54. The van der Waals surface area contributed by atoms with E-state index in [1.54, 1.807) is 7.11 Å². The lowest BCUT2D eigenvalue weighted by Crippen LogP contribution is -2.19. The Bertz CT molecular complexity index is 674. The molecular formula is C19H20N2O2. The first-order valence-electron chi connectivity index (χ1n) is 7.61. The topological polar surface area (TPSA) is 62.7 Å². The number of ether oxygens (including phenoxy) is 1. The Kier molecular flexibility index (Phi) is 6.28. The van der Waals surface area contributed by atoms with Crippen LogP contribution >= 0.6 is 0 Å². The SMILES string of the molecule is COc1ccc(CC(CCc2ccccc2)C(=O)C=[N+]=[N-])cc1. The summed E-state index contributed by atoms with van der Waals surface area (Å²) in [5.74, 6) is 0.427. The van der Waals surface area contributed by atoms with E-state index in [4.69, 9.17) is 10.3 Å². The average Bonchev–Trinajstić information content (AvgIpc) is 2.60. The van der Waals surface area contributed by atoms with Gasteiger partial charge >= 0.3 is 6.21 Å². The first-order valence-corrected chi connectivity index (χ1v) is 7.61. The van der Waals surface area contributed by atoms with Gasteiger partial charge < -0.3 is 10.3 Å². The molecule has 2 aromatic rings. The maximum absolute atomic E-state index is 12.2. The Morgan fingerprint density at radius 1 is 1.13 bits per heavy atom. The Morgan fingerprint density at radius 2 is 1.83 bits per heavy atom. The summed E-state index contributed by atoms with van der Waals surface area (Å²) >= 11 is 0. The van der Waals surface area contributed by atoms with Gasteiger partial charge in [0, 0.05) is 5.92 Å². The van der Waals surface area contributed by atoms with Crippen molar-refractivity contribution in [3.05, 3.63) is 71.3 Å². The fraction of sp³-hybridized carbons (Fsp3) is 0.263. The van der Waals surface area contributed by atoms with Crippen LogP contribution < -0.4 is 4.74 Å². The number of hydrogen-bond acceptors (Lipinski definition) is 2. The zero-order valence-electron chi connectivity index (χ0n) is 13.2. The van der Waals surface area contributed by atoms with Crippen LogP contribution in [0.1, 0.15) is 17.5 Å². The summed E-state index contributed by atoms with van der Waals surface area (Å²) in [5.41, 5.74) is 10.9. The van der Waals surface area contributed by atoms with Crippen molar-refractivity contribution < 1.29 is 14.3 Å². The predicted octanol–water partition coefficient (Wildman–Crippen LogP) is 3.36. The summed E-state index contributed by atoms with van der Waals surface area (Å²) in [4.78, 5) is 15.0. The molecule has 0 radical (unpaired) electrons. The van der Waals surface area contributed by atoms with Crippen LogP contribution in [0, 0.1) is 5.92 Å². The number of benzene rings is 2. The van der Waals surface area contributed by atoms with Gasteiger partial charge in [0.1, 0.15) is 5.75 Å². The largest absolute Gasteiger partial charge is 0.497 e. The second kappa shape index (κ2) is 8.66. The number of Topliss-reactive ketones (excluding diaryl/α,β-unsaturated/α-hetero) is 1. The van der Waals surface area contributed by atoms with Crippen LogP contribution in [0.2, 0.25) is 0 Å². The molecule has 2 aromatic carbocycles. The van der Waals surface area contributed by atoms with Crippen molar-refractivity contribution in [3.63, 3.8) is 0 Å². The molecule has 118 valence electrons. The minimum Gasteiger partial charge on any atom is -0.497 e. The Hall–Kier alpha value is -2.71. The summed E-state index contributed by atoms with van der Waals surface area (Å²) in [6.45, 7) is 0. The van der Waals surface area contributed by atoms with Crippen molar-refractivity contribution in [2.75, 3.05) is 7.11 Å². The molecule has 0 amide bonds. The van der Waals surface area contributed by atoms with Crippen molar-refractivity contribution in [1.29, 1.82) is 0 Å². The molecule has 1 unspecified atom stereocenters. The van der Waals surface area contributed by atoms with Crippen LogP contribution in [-0.2, 0) is 17.6 Å². The summed E-state index contributed by atoms with van der Waals surface area (Å²) in [5, 5.41) is 0. The Balaban J connectivity index is 2.06. The van der Waals surface area contributed by atoms with Crippen molar-refractivity contribution in [3.8, 4) is 5.75 Å². The number of carbonyl (C=O) groups excluding carboxylic acids is 1. The van der Waals surface area contributed by atoms with E-state index in [1.807, 2.05) is 42.5 Å². The second-order valence-electron chi connectivity index (χ2n) is 5.42. The van der Waals surface area contributed by atoms with Gasteiger partial charge in [0.25, 0.3) is 0 Å². The van der Waals surface area contributed by atoms with E-state index in [1.165, 1.54) is 5.56 Å². The number of methoxy groups -OCH3 is 1. The molecule has 2 rings (SSSR count).